The molecule has 164 valence electrons. The van der Waals surface area contributed by atoms with E-state index in [2.05, 4.69) is 20.5 Å². The molecule has 8 nitrogen and oxygen atoms in total. The van der Waals surface area contributed by atoms with Crippen LogP contribution in [0.5, 0.6) is 5.75 Å². The number of amides is 1. The van der Waals surface area contributed by atoms with E-state index in [1.165, 1.54) is 22.5 Å². The molecule has 9 heteroatoms. The van der Waals surface area contributed by atoms with Gasteiger partial charge in [0.1, 0.15) is 11.1 Å². The van der Waals surface area contributed by atoms with Gasteiger partial charge in [0.05, 0.1) is 24.2 Å². The number of hydrogen-bond donors (Lipinski definition) is 2. The molecule has 2 aromatic carbocycles. The molecule has 2 N–H and O–H groups in total. The standard InChI is InChI=1S/C23H23N5O3S/c1-4-31-17-8-6-16(7-9-17)28-22(30)18-12-24-27-21(18)26-23(28)32-13-20(29)25-19-10-5-14(2)11-15(19)3/h5-12H,4,13H2,1-3H3,(H,24,27)(H,25,29). The second kappa shape index (κ2) is 9.27. The predicted molar refractivity (Wildman–Crippen MR) is 126 cm³/mol. The van der Waals surface area contributed by atoms with E-state index in [4.69, 9.17) is 4.74 Å². The van der Waals surface area contributed by atoms with Crippen LogP contribution in [0.2, 0.25) is 0 Å². The van der Waals surface area contributed by atoms with Crippen LogP contribution in [-0.4, -0.2) is 38.0 Å². The van der Waals surface area contributed by atoms with Gasteiger partial charge in [-0.3, -0.25) is 19.3 Å². The van der Waals surface area contributed by atoms with Gasteiger partial charge in [-0.15, -0.1) is 0 Å². The average molecular weight is 450 g/mol. The van der Waals surface area contributed by atoms with Crippen LogP contribution in [0.4, 0.5) is 5.69 Å². The number of benzene rings is 2. The van der Waals surface area contributed by atoms with Crippen LogP contribution < -0.4 is 15.6 Å². The van der Waals surface area contributed by atoms with Crippen molar-refractivity contribution in [3.63, 3.8) is 0 Å². The largest absolute Gasteiger partial charge is 0.494 e. The molecular weight excluding hydrogens is 426 g/mol. The first-order valence-corrected chi connectivity index (χ1v) is 11.1. The van der Waals surface area contributed by atoms with Crippen molar-refractivity contribution in [2.24, 2.45) is 0 Å². The fourth-order valence-electron chi connectivity index (χ4n) is 3.33. The summed E-state index contributed by atoms with van der Waals surface area (Å²) in [5.74, 6) is 0.624. The maximum Gasteiger partial charge on any atom is 0.269 e. The Kier molecular flexibility index (Phi) is 6.27. The molecular formula is C23H23N5O3S. The van der Waals surface area contributed by atoms with E-state index in [9.17, 15) is 9.59 Å². The molecule has 4 rings (SSSR count). The summed E-state index contributed by atoms with van der Waals surface area (Å²) in [5.41, 5.74) is 3.64. The molecule has 32 heavy (non-hydrogen) atoms. The minimum absolute atomic E-state index is 0.0937. The first-order valence-electron chi connectivity index (χ1n) is 10.2. The molecule has 1 amide bonds. The minimum Gasteiger partial charge on any atom is -0.494 e. The third kappa shape index (κ3) is 4.52. The zero-order valence-corrected chi connectivity index (χ0v) is 18.8. The zero-order chi connectivity index (χ0) is 22.7. The number of aromatic nitrogens is 4. The van der Waals surface area contributed by atoms with Crippen molar-refractivity contribution in [2.75, 3.05) is 17.7 Å². The lowest BCUT2D eigenvalue weighted by Gasteiger charge is -2.13. The van der Waals surface area contributed by atoms with Gasteiger partial charge in [0.2, 0.25) is 5.91 Å². The molecule has 0 atom stereocenters. The lowest BCUT2D eigenvalue weighted by atomic mass is 10.1. The van der Waals surface area contributed by atoms with Crippen molar-refractivity contribution in [1.82, 2.24) is 19.7 Å². The Morgan fingerprint density at radius 3 is 2.69 bits per heavy atom. The molecule has 0 aliphatic carbocycles. The summed E-state index contributed by atoms with van der Waals surface area (Å²) in [5, 5.41) is 10.4. The lowest BCUT2D eigenvalue weighted by Crippen LogP contribution is -2.22. The summed E-state index contributed by atoms with van der Waals surface area (Å²) in [4.78, 5) is 30.3. The Morgan fingerprint density at radius 2 is 1.97 bits per heavy atom. The van der Waals surface area contributed by atoms with Gasteiger partial charge in [0, 0.05) is 5.69 Å². The van der Waals surface area contributed by atoms with E-state index >= 15 is 0 Å². The number of aryl methyl sites for hydroxylation is 2. The fourth-order valence-corrected chi connectivity index (χ4v) is 4.13. The topological polar surface area (TPSA) is 102 Å². The predicted octanol–water partition coefficient (Wildman–Crippen LogP) is 3.86. The number of thioether (sulfide) groups is 1. The maximum atomic E-state index is 13.2. The molecule has 0 saturated heterocycles. The Balaban J connectivity index is 1.62. The molecule has 0 radical (unpaired) electrons. The number of nitrogens with zero attached hydrogens (tertiary/aromatic N) is 3. The monoisotopic (exact) mass is 449 g/mol. The van der Waals surface area contributed by atoms with Crippen LogP contribution in [-0.2, 0) is 4.79 Å². The van der Waals surface area contributed by atoms with Crippen LogP contribution in [0.25, 0.3) is 16.7 Å². The second-order valence-electron chi connectivity index (χ2n) is 7.25. The number of H-pyrrole nitrogens is 1. The molecule has 0 aliphatic heterocycles. The molecule has 0 fully saturated rings. The SMILES string of the molecule is CCOc1ccc(-n2c(SCC(=O)Nc3ccc(C)cc3C)nc3[nH]ncc3c2=O)cc1. The van der Waals surface area contributed by atoms with Gasteiger partial charge in [-0.2, -0.15) is 5.10 Å². The van der Waals surface area contributed by atoms with Crippen molar-refractivity contribution in [2.45, 2.75) is 25.9 Å². The van der Waals surface area contributed by atoms with E-state index in [1.54, 1.807) is 24.3 Å². The zero-order valence-electron chi connectivity index (χ0n) is 18.0. The van der Waals surface area contributed by atoms with Crippen molar-refractivity contribution < 1.29 is 9.53 Å². The smallest absolute Gasteiger partial charge is 0.269 e. The van der Waals surface area contributed by atoms with Gasteiger partial charge in [-0.1, -0.05) is 29.5 Å². The molecule has 0 spiro atoms. The summed E-state index contributed by atoms with van der Waals surface area (Å²) >= 11 is 1.19. The van der Waals surface area contributed by atoms with Crippen LogP contribution in [0.15, 0.2) is 58.6 Å². The number of hydrogen-bond acceptors (Lipinski definition) is 6. The highest BCUT2D eigenvalue weighted by Gasteiger charge is 2.16. The van der Waals surface area contributed by atoms with Crippen LogP contribution >= 0.6 is 11.8 Å². The summed E-state index contributed by atoms with van der Waals surface area (Å²) in [6.45, 7) is 6.42. The number of aromatic amines is 1. The number of rotatable bonds is 7. The van der Waals surface area contributed by atoms with Crippen molar-refractivity contribution in [3.05, 3.63) is 70.1 Å². The van der Waals surface area contributed by atoms with E-state index < -0.39 is 0 Å². The number of fused-ring (bicyclic) bond motifs is 1. The highest BCUT2D eigenvalue weighted by atomic mass is 32.2. The molecule has 2 aromatic heterocycles. The number of ether oxygens (including phenoxy) is 1. The van der Waals surface area contributed by atoms with Crippen molar-refractivity contribution >= 4 is 34.4 Å². The molecule has 0 aliphatic rings. The van der Waals surface area contributed by atoms with Gasteiger partial charge in [0.15, 0.2) is 10.8 Å². The first kappa shape index (κ1) is 21.6. The summed E-state index contributed by atoms with van der Waals surface area (Å²) in [6, 6.07) is 13.0. The molecule has 4 aromatic rings. The third-order valence-corrected chi connectivity index (χ3v) is 5.78. The van der Waals surface area contributed by atoms with E-state index in [1.807, 2.05) is 39.0 Å². The summed E-state index contributed by atoms with van der Waals surface area (Å²) in [7, 11) is 0. The van der Waals surface area contributed by atoms with E-state index in [0.29, 0.717) is 34.2 Å². The van der Waals surface area contributed by atoms with Gasteiger partial charge in [-0.25, -0.2) is 4.98 Å². The molecule has 2 heterocycles. The molecule has 0 unspecified atom stereocenters. The van der Waals surface area contributed by atoms with Crippen molar-refractivity contribution in [1.29, 1.82) is 0 Å². The number of carbonyl (C=O) groups excluding carboxylic acids is 1. The van der Waals surface area contributed by atoms with Crippen LogP contribution in [0.1, 0.15) is 18.1 Å². The third-order valence-electron chi connectivity index (χ3n) is 4.85. The Bertz CT molecular complexity index is 1330. The lowest BCUT2D eigenvalue weighted by molar-refractivity contribution is -0.113. The van der Waals surface area contributed by atoms with Gasteiger partial charge in [-0.05, 0) is 56.7 Å². The van der Waals surface area contributed by atoms with Crippen LogP contribution in [0.3, 0.4) is 0 Å². The second-order valence-corrected chi connectivity index (χ2v) is 8.19. The van der Waals surface area contributed by atoms with Gasteiger partial charge >= 0.3 is 0 Å². The quantitative estimate of drug-likeness (QED) is 0.328. The summed E-state index contributed by atoms with van der Waals surface area (Å²) < 4.78 is 6.98. The first-order chi connectivity index (χ1) is 15.5. The van der Waals surface area contributed by atoms with E-state index in [0.717, 1.165) is 16.8 Å². The minimum atomic E-state index is -0.259. The van der Waals surface area contributed by atoms with Crippen LogP contribution in [0, 0.1) is 13.8 Å². The average Bonchev–Trinajstić information content (AvgIpc) is 3.24. The molecule has 0 saturated carbocycles. The summed E-state index contributed by atoms with van der Waals surface area (Å²) in [6.07, 6.45) is 1.46. The Morgan fingerprint density at radius 1 is 1.19 bits per heavy atom. The molecule has 0 bridgehead atoms. The number of nitrogens with one attached hydrogen (secondary N) is 2. The van der Waals surface area contributed by atoms with Gasteiger partial charge in [0.25, 0.3) is 5.56 Å². The van der Waals surface area contributed by atoms with Crippen molar-refractivity contribution in [3.8, 4) is 11.4 Å². The highest BCUT2D eigenvalue weighted by molar-refractivity contribution is 7.99. The Labute approximate surface area is 189 Å². The normalized spacial score (nSPS) is 11.0. The number of carbonyl (C=O) groups is 1. The maximum absolute atomic E-state index is 13.2. The fraction of sp³-hybridized carbons (Fsp3) is 0.217. The Hall–Kier alpha value is -3.59. The van der Waals surface area contributed by atoms with Gasteiger partial charge < -0.3 is 10.1 Å². The number of anilines is 1. The van der Waals surface area contributed by atoms with E-state index in [-0.39, 0.29) is 17.2 Å². The highest BCUT2D eigenvalue weighted by Crippen LogP contribution is 2.23.